The fraction of sp³-hybridized carbons (Fsp3) is 0.300. The smallest absolute Gasteiger partial charge is 0.193 e. The van der Waals surface area contributed by atoms with Crippen LogP contribution in [0.3, 0.4) is 0 Å². The normalized spacial score (nSPS) is 19.3. The lowest BCUT2D eigenvalue weighted by molar-refractivity contribution is 0.846. The fourth-order valence-corrected chi connectivity index (χ4v) is 2.78. The molecule has 1 unspecified atom stereocenters. The van der Waals surface area contributed by atoms with Crippen LogP contribution in [-0.2, 0) is 0 Å². The van der Waals surface area contributed by atoms with Gasteiger partial charge in [-0.2, -0.15) is 0 Å². The SMILES string of the molecule is Cc1cc(C2N=C(N)NC=C2Cl)c(C)s1.Cl. The summed E-state index contributed by atoms with van der Waals surface area (Å²) < 4.78 is 0. The van der Waals surface area contributed by atoms with Gasteiger partial charge in [-0.05, 0) is 25.5 Å². The maximum Gasteiger partial charge on any atom is 0.193 e. The molecule has 88 valence electrons. The third-order valence-corrected chi connectivity index (χ3v) is 3.56. The molecule has 0 spiro atoms. The molecule has 2 heterocycles. The van der Waals surface area contributed by atoms with Gasteiger partial charge in [-0.1, -0.05) is 11.6 Å². The average molecular weight is 278 g/mol. The van der Waals surface area contributed by atoms with E-state index < -0.39 is 0 Å². The molecule has 2 rings (SSSR count). The molecule has 0 radical (unpaired) electrons. The summed E-state index contributed by atoms with van der Waals surface area (Å²) in [5.74, 6) is 0.410. The number of hydrogen-bond acceptors (Lipinski definition) is 4. The molecule has 1 atom stereocenters. The van der Waals surface area contributed by atoms with Crippen molar-refractivity contribution in [3.63, 3.8) is 0 Å². The predicted molar refractivity (Wildman–Crippen MR) is 72.5 cm³/mol. The van der Waals surface area contributed by atoms with Crippen LogP contribution >= 0.6 is 35.3 Å². The minimum atomic E-state index is -0.141. The van der Waals surface area contributed by atoms with E-state index in [4.69, 9.17) is 17.3 Å². The van der Waals surface area contributed by atoms with Crippen molar-refractivity contribution in [2.24, 2.45) is 10.7 Å². The molecule has 1 aromatic rings. The molecular weight excluding hydrogens is 265 g/mol. The van der Waals surface area contributed by atoms with Crippen LogP contribution in [0.4, 0.5) is 0 Å². The van der Waals surface area contributed by atoms with E-state index in [-0.39, 0.29) is 18.4 Å². The highest BCUT2D eigenvalue weighted by atomic mass is 35.5. The number of halogens is 2. The number of aryl methyl sites for hydroxylation is 2. The number of hydrogen-bond donors (Lipinski definition) is 2. The average Bonchev–Trinajstić information content (AvgIpc) is 2.50. The number of nitrogens with two attached hydrogens (primary N) is 1. The van der Waals surface area contributed by atoms with E-state index in [0.717, 1.165) is 5.56 Å². The van der Waals surface area contributed by atoms with Crippen molar-refractivity contribution in [3.05, 3.63) is 32.6 Å². The predicted octanol–water partition coefficient (Wildman–Crippen LogP) is 2.83. The molecule has 3 nitrogen and oxygen atoms in total. The lowest BCUT2D eigenvalue weighted by atomic mass is 10.1. The van der Waals surface area contributed by atoms with Crippen molar-refractivity contribution in [1.82, 2.24) is 5.32 Å². The Labute approximate surface area is 110 Å². The van der Waals surface area contributed by atoms with Gasteiger partial charge < -0.3 is 11.1 Å². The van der Waals surface area contributed by atoms with Crippen molar-refractivity contribution in [1.29, 1.82) is 0 Å². The van der Waals surface area contributed by atoms with Crippen molar-refractivity contribution in [3.8, 4) is 0 Å². The maximum absolute atomic E-state index is 6.10. The highest BCUT2D eigenvalue weighted by Crippen LogP contribution is 2.35. The fourth-order valence-electron chi connectivity index (χ4n) is 1.60. The number of aliphatic imine (C=N–C) groups is 1. The van der Waals surface area contributed by atoms with Crippen LogP contribution in [0.2, 0.25) is 0 Å². The molecule has 3 N–H and O–H groups in total. The van der Waals surface area contributed by atoms with Gasteiger partial charge in [0.15, 0.2) is 5.96 Å². The second-order valence-electron chi connectivity index (χ2n) is 3.46. The van der Waals surface area contributed by atoms with Crippen LogP contribution < -0.4 is 11.1 Å². The molecule has 0 aromatic carbocycles. The standard InChI is InChI=1S/C10H12ClN3S.ClH/c1-5-3-7(6(2)15-5)9-8(11)4-13-10(12)14-9;/h3-4,9H,1-2H3,(H3,12,13,14);1H. The molecular formula is C10H13Cl2N3S. The maximum atomic E-state index is 6.10. The van der Waals surface area contributed by atoms with Gasteiger partial charge in [0, 0.05) is 16.0 Å². The first kappa shape index (κ1) is 13.4. The lowest BCUT2D eigenvalue weighted by Crippen LogP contribution is -2.31. The van der Waals surface area contributed by atoms with Crippen LogP contribution in [0.5, 0.6) is 0 Å². The number of thiophene rings is 1. The van der Waals surface area contributed by atoms with Gasteiger partial charge in [0.05, 0.1) is 5.03 Å². The van der Waals surface area contributed by atoms with E-state index in [2.05, 4.69) is 30.2 Å². The van der Waals surface area contributed by atoms with Crippen LogP contribution in [-0.4, -0.2) is 5.96 Å². The first-order valence-corrected chi connectivity index (χ1v) is 5.79. The molecule has 0 saturated carbocycles. The third kappa shape index (κ3) is 2.51. The number of guanidine groups is 1. The van der Waals surface area contributed by atoms with E-state index in [1.807, 2.05) is 0 Å². The first-order valence-electron chi connectivity index (χ1n) is 4.60. The largest absolute Gasteiger partial charge is 0.370 e. The highest BCUT2D eigenvalue weighted by molar-refractivity contribution is 7.12. The summed E-state index contributed by atoms with van der Waals surface area (Å²) in [5.41, 5.74) is 6.76. The Bertz CT molecular complexity index is 451. The summed E-state index contributed by atoms with van der Waals surface area (Å²) >= 11 is 7.85. The lowest BCUT2D eigenvalue weighted by Gasteiger charge is -2.17. The van der Waals surface area contributed by atoms with E-state index >= 15 is 0 Å². The van der Waals surface area contributed by atoms with E-state index in [1.54, 1.807) is 17.5 Å². The summed E-state index contributed by atoms with van der Waals surface area (Å²) in [6, 6.07) is 1.97. The van der Waals surface area contributed by atoms with Crippen LogP contribution in [0.25, 0.3) is 0 Å². The summed E-state index contributed by atoms with van der Waals surface area (Å²) in [4.78, 5) is 6.80. The topological polar surface area (TPSA) is 50.4 Å². The molecule has 0 aliphatic carbocycles. The van der Waals surface area contributed by atoms with Gasteiger partial charge >= 0.3 is 0 Å². The Hall–Kier alpha value is -0.710. The van der Waals surface area contributed by atoms with Crippen LogP contribution in [0, 0.1) is 13.8 Å². The molecule has 0 bridgehead atoms. The Morgan fingerprint density at radius 2 is 2.19 bits per heavy atom. The summed E-state index contributed by atoms with van der Waals surface area (Å²) in [6.45, 7) is 4.15. The molecule has 0 saturated heterocycles. The van der Waals surface area contributed by atoms with E-state index in [0.29, 0.717) is 11.0 Å². The number of rotatable bonds is 1. The molecule has 1 aromatic heterocycles. The second-order valence-corrected chi connectivity index (χ2v) is 5.36. The van der Waals surface area contributed by atoms with Gasteiger partial charge in [0.25, 0.3) is 0 Å². The summed E-state index contributed by atoms with van der Waals surface area (Å²) in [5, 5.41) is 3.47. The zero-order chi connectivity index (χ0) is 11.0. The van der Waals surface area contributed by atoms with Crippen molar-refractivity contribution < 1.29 is 0 Å². The van der Waals surface area contributed by atoms with Gasteiger partial charge in [-0.15, -0.1) is 23.7 Å². The minimum Gasteiger partial charge on any atom is -0.370 e. The monoisotopic (exact) mass is 277 g/mol. The van der Waals surface area contributed by atoms with Crippen molar-refractivity contribution in [2.45, 2.75) is 19.9 Å². The first-order chi connectivity index (χ1) is 7.08. The quantitative estimate of drug-likeness (QED) is 0.830. The van der Waals surface area contributed by atoms with Gasteiger partial charge in [0.1, 0.15) is 6.04 Å². The Morgan fingerprint density at radius 1 is 1.50 bits per heavy atom. The van der Waals surface area contributed by atoms with Crippen molar-refractivity contribution in [2.75, 3.05) is 0 Å². The van der Waals surface area contributed by atoms with E-state index in [9.17, 15) is 0 Å². The van der Waals surface area contributed by atoms with E-state index in [1.165, 1.54) is 9.75 Å². The molecule has 1 aliphatic rings. The Balaban J connectivity index is 0.00000128. The molecule has 0 amide bonds. The van der Waals surface area contributed by atoms with Crippen LogP contribution in [0.1, 0.15) is 21.4 Å². The number of nitrogens with zero attached hydrogens (tertiary/aromatic N) is 1. The zero-order valence-corrected chi connectivity index (χ0v) is 11.3. The molecule has 6 heteroatoms. The summed E-state index contributed by atoms with van der Waals surface area (Å²) in [7, 11) is 0. The minimum absolute atomic E-state index is 0. The zero-order valence-electron chi connectivity index (χ0n) is 8.95. The Morgan fingerprint density at radius 3 is 2.75 bits per heavy atom. The Kier molecular flexibility index (Phi) is 4.24. The molecule has 0 fully saturated rings. The van der Waals surface area contributed by atoms with Crippen molar-refractivity contribution >= 4 is 41.3 Å². The van der Waals surface area contributed by atoms with Gasteiger partial charge in [-0.3, -0.25) is 0 Å². The third-order valence-electron chi connectivity index (χ3n) is 2.26. The summed E-state index contributed by atoms with van der Waals surface area (Å²) in [6.07, 6.45) is 1.70. The molecule has 16 heavy (non-hydrogen) atoms. The molecule has 1 aliphatic heterocycles. The van der Waals surface area contributed by atoms with Gasteiger partial charge in [-0.25, -0.2) is 4.99 Å². The second kappa shape index (κ2) is 5.08. The number of nitrogens with one attached hydrogen (secondary N) is 1. The highest BCUT2D eigenvalue weighted by Gasteiger charge is 2.21. The van der Waals surface area contributed by atoms with Gasteiger partial charge in [0.2, 0.25) is 0 Å². The van der Waals surface area contributed by atoms with Crippen LogP contribution in [0.15, 0.2) is 22.3 Å².